The van der Waals surface area contributed by atoms with E-state index in [1.165, 1.54) is 26.7 Å². The third kappa shape index (κ3) is 1.66. The number of benzene rings is 1. The van der Waals surface area contributed by atoms with Gasteiger partial charge in [0.15, 0.2) is 0 Å². The van der Waals surface area contributed by atoms with E-state index in [0.29, 0.717) is 0 Å². The maximum atomic E-state index is 3.57. The molecule has 0 fully saturated rings. The SMILES string of the molecule is CCc1cc2c(cc1CC)CC(Br)=C2. The minimum atomic E-state index is 1.08. The van der Waals surface area contributed by atoms with Gasteiger partial charge in [0.1, 0.15) is 0 Å². The van der Waals surface area contributed by atoms with Crippen LogP contribution in [0, 0.1) is 0 Å². The Bertz CT molecular complexity index is 388. The summed E-state index contributed by atoms with van der Waals surface area (Å²) in [5, 5.41) is 0. The molecule has 0 saturated heterocycles. The molecule has 1 aromatic rings. The van der Waals surface area contributed by atoms with Crippen LogP contribution in [0.5, 0.6) is 0 Å². The van der Waals surface area contributed by atoms with E-state index >= 15 is 0 Å². The van der Waals surface area contributed by atoms with Crippen LogP contribution in [0.3, 0.4) is 0 Å². The Hall–Kier alpha value is -0.560. The molecule has 2 rings (SSSR count). The van der Waals surface area contributed by atoms with Crippen LogP contribution >= 0.6 is 15.9 Å². The first-order valence-electron chi connectivity index (χ1n) is 5.25. The summed E-state index contributed by atoms with van der Waals surface area (Å²) < 4.78 is 1.31. The number of halogens is 1. The summed E-state index contributed by atoms with van der Waals surface area (Å²) in [6.07, 6.45) is 5.61. The smallest absolute Gasteiger partial charge is 0.00469 e. The highest BCUT2D eigenvalue weighted by molar-refractivity contribution is 9.11. The summed E-state index contributed by atoms with van der Waals surface area (Å²) in [6, 6.07) is 4.72. The van der Waals surface area contributed by atoms with Crippen LogP contribution in [0.15, 0.2) is 16.6 Å². The molecule has 0 aromatic heterocycles. The number of rotatable bonds is 2. The Kier molecular flexibility index (Phi) is 2.78. The van der Waals surface area contributed by atoms with Crippen molar-refractivity contribution < 1.29 is 0 Å². The maximum absolute atomic E-state index is 3.57. The van der Waals surface area contributed by atoms with Crippen molar-refractivity contribution in [1.82, 2.24) is 0 Å². The van der Waals surface area contributed by atoms with E-state index in [2.05, 4.69) is 48.0 Å². The van der Waals surface area contributed by atoms with Gasteiger partial charge in [-0.1, -0.05) is 41.9 Å². The third-order valence-electron chi connectivity index (χ3n) is 2.89. The van der Waals surface area contributed by atoms with Crippen LogP contribution in [-0.2, 0) is 19.3 Å². The fraction of sp³-hybridized carbons (Fsp3) is 0.385. The van der Waals surface area contributed by atoms with Crippen molar-refractivity contribution in [2.75, 3.05) is 0 Å². The largest absolute Gasteiger partial charge is 0.0613 e. The lowest BCUT2D eigenvalue weighted by Crippen LogP contribution is -1.94. The first kappa shape index (κ1) is 9.97. The highest BCUT2D eigenvalue weighted by atomic mass is 79.9. The molecule has 0 heterocycles. The monoisotopic (exact) mass is 250 g/mol. The summed E-state index contributed by atoms with van der Waals surface area (Å²) >= 11 is 3.57. The summed E-state index contributed by atoms with van der Waals surface area (Å²) in [5.74, 6) is 0. The molecule has 0 radical (unpaired) electrons. The third-order valence-corrected chi connectivity index (χ3v) is 3.40. The molecule has 14 heavy (non-hydrogen) atoms. The lowest BCUT2D eigenvalue weighted by molar-refractivity contribution is 1.03. The number of allylic oxidation sites excluding steroid dienone is 1. The zero-order valence-electron chi connectivity index (χ0n) is 8.73. The van der Waals surface area contributed by atoms with Crippen LogP contribution in [0.1, 0.15) is 36.1 Å². The highest BCUT2D eigenvalue weighted by Gasteiger charge is 2.12. The molecule has 0 aliphatic heterocycles. The topological polar surface area (TPSA) is 0 Å². The van der Waals surface area contributed by atoms with E-state index in [1.54, 1.807) is 0 Å². The van der Waals surface area contributed by atoms with Crippen LogP contribution in [0.4, 0.5) is 0 Å². The van der Waals surface area contributed by atoms with Gasteiger partial charge >= 0.3 is 0 Å². The van der Waals surface area contributed by atoms with Gasteiger partial charge in [-0.2, -0.15) is 0 Å². The average molecular weight is 251 g/mol. The Morgan fingerprint density at radius 2 is 1.79 bits per heavy atom. The molecule has 0 nitrogen and oxygen atoms in total. The quantitative estimate of drug-likeness (QED) is 0.742. The van der Waals surface area contributed by atoms with Crippen molar-refractivity contribution in [3.05, 3.63) is 38.9 Å². The van der Waals surface area contributed by atoms with E-state index in [-0.39, 0.29) is 0 Å². The van der Waals surface area contributed by atoms with Crippen molar-refractivity contribution in [1.29, 1.82) is 0 Å². The normalized spacial score (nSPS) is 14.1. The van der Waals surface area contributed by atoms with Crippen molar-refractivity contribution in [3.8, 4) is 0 Å². The molecule has 1 aromatic carbocycles. The molecule has 1 aliphatic carbocycles. The maximum Gasteiger partial charge on any atom is 0.00469 e. The van der Waals surface area contributed by atoms with Gasteiger partial charge in [0, 0.05) is 10.9 Å². The Balaban J connectivity index is 2.49. The standard InChI is InChI=1S/C13H15Br/c1-3-9-5-11-7-13(14)8-12(11)6-10(9)4-2/h5-7H,3-4,8H2,1-2H3. The fourth-order valence-corrected chi connectivity index (χ4v) is 2.66. The van der Waals surface area contributed by atoms with Gasteiger partial charge in [-0.15, -0.1) is 0 Å². The zero-order chi connectivity index (χ0) is 10.1. The van der Waals surface area contributed by atoms with Crippen LogP contribution in [0.25, 0.3) is 6.08 Å². The van der Waals surface area contributed by atoms with Crippen LogP contribution in [0.2, 0.25) is 0 Å². The van der Waals surface area contributed by atoms with Crippen LogP contribution < -0.4 is 0 Å². The number of aryl methyl sites for hydroxylation is 2. The zero-order valence-corrected chi connectivity index (χ0v) is 10.3. The fourth-order valence-electron chi connectivity index (χ4n) is 2.11. The number of hydrogen-bond donors (Lipinski definition) is 0. The predicted molar refractivity (Wildman–Crippen MR) is 65.8 cm³/mol. The van der Waals surface area contributed by atoms with Crippen molar-refractivity contribution in [3.63, 3.8) is 0 Å². The molecular formula is C13H15Br. The molecule has 0 amide bonds. The number of hydrogen-bond acceptors (Lipinski definition) is 0. The summed E-state index contributed by atoms with van der Waals surface area (Å²) in [6.45, 7) is 4.47. The van der Waals surface area contributed by atoms with Gasteiger partial charge in [-0.25, -0.2) is 0 Å². The Morgan fingerprint density at radius 3 is 2.43 bits per heavy atom. The van der Waals surface area contributed by atoms with Gasteiger partial charge in [0.25, 0.3) is 0 Å². The first-order chi connectivity index (χ1) is 6.74. The van der Waals surface area contributed by atoms with Gasteiger partial charge < -0.3 is 0 Å². The molecule has 0 unspecified atom stereocenters. The van der Waals surface area contributed by atoms with Gasteiger partial charge in [-0.05, 0) is 41.2 Å². The predicted octanol–water partition coefficient (Wildman–Crippen LogP) is 4.10. The molecule has 0 bridgehead atoms. The van der Waals surface area contributed by atoms with E-state index in [1.807, 2.05) is 0 Å². The molecule has 0 atom stereocenters. The Morgan fingerprint density at radius 1 is 1.14 bits per heavy atom. The van der Waals surface area contributed by atoms with E-state index in [0.717, 1.165) is 19.3 Å². The molecule has 74 valence electrons. The van der Waals surface area contributed by atoms with E-state index in [9.17, 15) is 0 Å². The minimum Gasteiger partial charge on any atom is -0.0613 e. The molecular weight excluding hydrogens is 236 g/mol. The molecule has 0 N–H and O–H groups in total. The summed E-state index contributed by atoms with van der Waals surface area (Å²) in [4.78, 5) is 0. The molecule has 1 heteroatoms. The van der Waals surface area contributed by atoms with Gasteiger partial charge in [-0.3, -0.25) is 0 Å². The van der Waals surface area contributed by atoms with Gasteiger partial charge in [0.05, 0.1) is 0 Å². The summed E-state index contributed by atoms with van der Waals surface area (Å²) in [7, 11) is 0. The lowest BCUT2D eigenvalue weighted by Gasteiger charge is -2.09. The molecule has 1 aliphatic rings. The second kappa shape index (κ2) is 3.90. The minimum absolute atomic E-state index is 1.08. The van der Waals surface area contributed by atoms with Crippen molar-refractivity contribution >= 4 is 22.0 Å². The lowest BCUT2D eigenvalue weighted by atomic mass is 9.97. The Labute approximate surface area is 94.2 Å². The van der Waals surface area contributed by atoms with E-state index < -0.39 is 0 Å². The highest BCUT2D eigenvalue weighted by Crippen LogP contribution is 2.31. The van der Waals surface area contributed by atoms with Crippen LogP contribution in [-0.4, -0.2) is 0 Å². The van der Waals surface area contributed by atoms with Crippen molar-refractivity contribution in [2.45, 2.75) is 33.1 Å². The second-order valence-electron chi connectivity index (χ2n) is 3.79. The second-order valence-corrected chi connectivity index (χ2v) is 4.81. The van der Waals surface area contributed by atoms with E-state index in [4.69, 9.17) is 0 Å². The van der Waals surface area contributed by atoms with Crippen molar-refractivity contribution in [2.24, 2.45) is 0 Å². The molecule has 0 spiro atoms. The first-order valence-corrected chi connectivity index (χ1v) is 6.04. The number of fused-ring (bicyclic) bond motifs is 1. The average Bonchev–Trinajstić information content (AvgIpc) is 2.54. The summed E-state index contributed by atoms with van der Waals surface area (Å²) in [5.41, 5.74) is 5.91. The molecule has 0 saturated carbocycles. The van der Waals surface area contributed by atoms with Gasteiger partial charge in [0.2, 0.25) is 0 Å².